The molecule has 1 fully saturated rings. The molecule has 1 aliphatic heterocycles. The smallest absolute Gasteiger partial charge is 0.216 e. The van der Waals surface area contributed by atoms with Gasteiger partial charge in [-0.2, -0.15) is 0 Å². The summed E-state index contributed by atoms with van der Waals surface area (Å²) in [4.78, 5) is 0. The summed E-state index contributed by atoms with van der Waals surface area (Å²) in [6.07, 6.45) is 1.79. The first-order valence-corrected chi connectivity index (χ1v) is 7.43. The molecule has 0 spiro atoms. The lowest BCUT2D eigenvalue weighted by Gasteiger charge is -2.30. The Hall–Kier alpha value is 0.120. The van der Waals surface area contributed by atoms with E-state index in [9.17, 15) is 8.42 Å². The van der Waals surface area contributed by atoms with Crippen LogP contribution in [0, 0.1) is 0 Å². The minimum absolute atomic E-state index is 0. The molecule has 0 aromatic carbocycles. The van der Waals surface area contributed by atoms with Gasteiger partial charge in [0.05, 0.1) is 12.4 Å². The van der Waals surface area contributed by atoms with Crippen LogP contribution in [-0.4, -0.2) is 57.9 Å². The standard InChI is InChI=1S/C10H22N2O3S.ClH/c1-3-15-8-9-16(13,14)12(2)10-4-6-11-7-5-10;/h10-11H,3-9H2,1-2H3;1H. The van der Waals surface area contributed by atoms with E-state index in [2.05, 4.69) is 5.32 Å². The Bertz CT molecular complexity index is 292. The lowest BCUT2D eigenvalue weighted by molar-refractivity contribution is 0.162. The van der Waals surface area contributed by atoms with Crippen LogP contribution in [0.1, 0.15) is 19.8 Å². The van der Waals surface area contributed by atoms with Crippen molar-refractivity contribution in [1.82, 2.24) is 9.62 Å². The molecule has 0 atom stereocenters. The van der Waals surface area contributed by atoms with Gasteiger partial charge in [0.15, 0.2) is 0 Å². The highest BCUT2D eigenvalue weighted by atomic mass is 35.5. The molecule has 104 valence electrons. The number of ether oxygens (including phenoxy) is 1. The zero-order valence-corrected chi connectivity index (χ0v) is 12.1. The van der Waals surface area contributed by atoms with Crippen LogP contribution in [0.5, 0.6) is 0 Å². The fourth-order valence-corrected chi connectivity index (χ4v) is 3.13. The Balaban J connectivity index is 0.00000256. The molecule has 1 aliphatic rings. The molecule has 0 amide bonds. The normalized spacial score (nSPS) is 18.1. The molecule has 0 radical (unpaired) electrons. The van der Waals surface area contributed by atoms with Gasteiger partial charge in [-0.1, -0.05) is 0 Å². The zero-order chi connectivity index (χ0) is 12.0. The summed E-state index contributed by atoms with van der Waals surface area (Å²) in [7, 11) is -1.47. The van der Waals surface area contributed by atoms with E-state index in [-0.39, 0.29) is 30.8 Å². The van der Waals surface area contributed by atoms with Crippen LogP contribution in [0.25, 0.3) is 0 Å². The maximum atomic E-state index is 11.9. The van der Waals surface area contributed by atoms with Gasteiger partial charge >= 0.3 is 0 Å². The molecule has 1 heterocycles. The van der Waals surface area contributed by atoms with Crippen LogP contribution < -0.4 is 5.32 Å². The number of hydrogen-bond acceptors (Lipinski definition) is 4. The summed E-state index contributed by atoms with van der Waals surface area (Å²) >= 11 is 0. The quantitative estimate of drug-likeness (QED) is 0.721. The highest BCUT2D eigenvalue weighted by Crippen LogP contribution is 2.14. The Labute approximate surface area is 110 Å². The van der Waals surface area contributed by atoms with E-state index in [0.717, 1.165) is 25.9 Å². The fourth-order valence-electron chi connectivity index (χ4n) is 1.85. The van der Waals surface area contributed by atoms with E-state index >= 15 is 0 Å². The van der Waals surface area contributed by atoms with Gasteiger partial charge in [-0.25, -0.2) is 12.7 Å². The topological polar surface area (TPSA) is 58.6 Å². The second kappa shape index (κ2) is 8.26. The first kappa shape index (κ1) is 17.1. The molecule has 0 aromatic rings. The highest BCUT2D eigenvalue weighted by molar-refractivity contribution is 7.89. The van der Waals surface area contributed by atoms with Crippen LogP contribution in [0.3, 0.4) is 0 Å². The lowest BCUT2D eigenvalue weighted by atomic mass is 10.1. The van der Waals surface area contributed by atoms with E-state index in [4.69, 9.17) is 4.74 Å². The van der Waals surface area contributed by atoms with Gasteiger partial charge in [-0.3, -0.25) is 0 Å². The zero-order valence-electron chi connectivity index (χ0n) is 10.5. The Morgan fingerprint density at radius 2 is 1.94 bits per heavy atom. The Kier molecular flexibility index (Phi) is 8.32. The third-order valence-corrected chi connectivity index (χ3v) is 4.81. The Morgan fingerprint density at radius 3 is 2.47 bits per heavy atom. The van der Waals surface area contributed by atoms with Crippen LogP contribution in [0.2, 0.25) is 0 Å². The average molecular weight is 287 g/mol. The van der Waals surface area contributed by atoms with Crippen molar-refractivity contribution in [3.05, 3.63) is 0 Å². The predicted octanol–water partition coefficient (Wildman–Crippen LogP) is 0.458. The summed E-state index contributed by atoms with van der Waals surface area (Å²) in [5, 5.41) is 3.23. The van der Waals surface area contributed by atoms with Crippen molar-refractivity contribution < 1.29 is 13.2 Å². The van der Waals surface area contributed by atoms with E-state index < -0.39 is 10.0 Å². The van der Waals surface area contributed by atoms with Gasteiger partial charge in [0.2, 0.25) is 10.0 Å². The molecule has 17 heavy (non-hydrogen) atoms. The minimum atomic E-state index is -3.15. The van der Waals surface area contributed by atoms with Crippen molar-refractivity contribution in [3.8, 4) is 0 Å². The van der Waals surface area contributed by atoms with Gasteiger partial charge in [-0.15, -0.1) is 12.4 Å². The van der Waals surface area contributed by atoms with Crippen molar-refractivity contribution in [3.63, 3.8) is 0 Å². The van der Waals surface area contributed by atoms with Gasteiger partial charge in [-0.05, 0) is 32.9 Å². The van der Waals surface area contributed by atoms with Crippen molar-refractivity contribution in [2.75, 3.05) is 39.1 Å². The number of hydrogen-bond donors (Lipinski definition) is 1. The molecular weight excluding hydrogens is 264 g/mol. The van der Waals surface area contributed by atoms with Crippen molar-refractivity contribution in [2.45, 2.75) is 25.8 Å². The first-order chi connectivity index (χ1) is 7.58. The Morgan fingerprint density at radius 1 is 1.35 bits per heavy atom. The molecule has 0 unspecified atom stereocenters. The fraction of sp³-hybridized carbons (Fsp3) is 1.00. The second-order valence-electron chi connectivity index (χ2n) is 4.01. The third-order valence-electron chi connectivity index (χ3n) is 2.95. The van der Waals surface area contributed by atoms with E-state index in [1.165, 1.54) is 4.31 Å². The van der Waals surface area contributed by atoms with Crippen LogP contribution in [0.4, 0.5) is 0 Å². The van der Waals surface area contributed by atoms with E-state index in [1.54, 1.807) is 7.05 Å². The van der Waals surface area contributed by atoms with Gasteiger partial charge < -0.3 is 10.1 Å². The molecule has 0 saturated carbocycles. The number of sulfonamides is 1. The number of nitrogens with one attached hydrogen (secondary N) is 1. The van der Waals surface area contributed by atoms with Crippen LogP contribution in [-0.2, 0) is 14.8 Å². The molecule has 1 saturated heterocycles. The lowest BCUT2D eigenvalue weighted by Crippen LogP contribution is -2.45. The molecule has 7 heteroatoms. The van der Waals surface area contributed by atoms with Crippen molar-refractivity contribution in [2.24, 2.45) is 0 Å². The summed E-state index contributed by atoms with van der Waals surface area (Å²) in [5.41, 5.74) is 0. The number of rotatable bonds is 6. The predicted molar refractivity (Wildman–Crippen MR) is 71.2 cm³/mol. The van der Waals surface area contributed by atoms with Gasteiger partial charge in [0, 0.05) is 19.7 Å². The summed E-state index contributed by atoms with van der Waals surface area (Å²) < 4.78 is 30.5. The summed E-state index contributed by atoms with van der Waals surface area (Å²) in [6.45, 7) is 4.51. The second-order valence-corrected chi connectivity index (χ2v) is 6.16. The molecule has 1 N–H and O–H groups in total. The maximum absolute atomic E-state index is 11.9. The van der Waals surface area contributed by atoms with Gasteiger partial charge in [0.25, 0.3) is 0 Å². The van der Waals surface area contributed by atoms with Crippen molar-refractivity contribution >= 4 is 22.4 Å². The van der Waals surface area contributed by atoms with E-state index in [0.29, 0.717) is 6.61 Å². The highest BCUT2D eigenvalue weighted by Gasteiger charge is 2.26. The largest absolute Gasteiger partial charge is 0.381 e. The molecular formula is C10H23ClN2O3S. The van der Waals surface area contributed by atoms with Crippen LogP contribution >= 0.6 is 12.4 Å². The molecule has 1 rings (SSSR count). The minimum Gasteiger partial charge on any atom is -0.381 e. The molecule has 0 aromatic heterocycles. The average Bonchev–Trinajstić information content (AvgIpc) is 2.29. The molecule has 5 nitrogen and oxygen atoms in total. The number of piperidine rings is 1. The monoisotopic (exact) mass is 286 g/mol. The van der Waals surface area contributed by atoms with Gasteiger partial charge in [0.1, 0.15) is 0 Å². The summed E-state index contributed by atoms with van der Waals surface area (Å²) in [5.74, 6) is 0.0846. The number of nitrogens with zero attached hydrogens (tertiary/aromatic N) is 1. The first-order valence-electron chi connectivity index (χ1n) is 5.82. The number of halogens is 1. The summed E-state index contributed by atoms with van der Waals surface area (Å²) in [6, 6.07) is 0.146. The van der Waals surface area contributed by atoms with Crippen LogP contribution in [0.15, 0.2) is 0 Å². The third kappa shape index (κ3) is 5.52. The van der Waals surface area contributed by atoms with E-state index in [1.807, 2.05) is 6.92 Å². The molecule has 0 aliphatic carbocycles. The van der Waals surface area contributed by atoms with Crippen molar-refractivity contribution in [1.29, 1.82) is 0 Å². The maximum Gasteiger partial charge on any atom is 0.216 e. The SMILES string of the molecule is CCOCCS(=O)(=O)N(C)C1CCNCC1.Cl. The molecule has 0 bridgehead atoms.